The van der Waals surface area contributed by atoms with E-state index >= 15 is 0 Å². The molecule has 18 heavy (non-hydrogen) atoms. The van der Waals surface area contributed by atoms with Crippen molar-refractivity contribution in [1.82, 2.24) is 4.72 Å². The van der Waals surface area contributed by atoms with E-state index in [0.717, 1.165) is 6.07 Å². The highest BCUT2D eigenvalue weighted by molar-refractivity contribution is 7.89. The van der Waals surface area contributed by atoms with Crippen LogP contribution in [-0.2, 0) is 10.0 Å². The number of rotatable bonds is 6. The van der Waals surface area contributed by atoms with E-state index in [4.69, 9.17) is 10.5 Å². The minimum Gasteiger partial charge on any atom is -0.494 e. The Morgan fingerprint density at radius 3 is 2.67 bits per heavy atom. The van der Waals surface area contributed by atoms with Crippen LogP contribution in [0.15, 0.2) is 23.1 Å². The number of nitrogens with two attached hydrogens (primary N) is 1. The van der Waals surface area contributed by atoms with Crippen molar-refractivity contribution in [3.63, 3.8) is 0 Å². The summed E-state index contributed by atoms with van der Waals surface area (Å²) in [7, 11) is -2.39. The fourth-order valence-corrected chi connectivity index (χ4v) is 2.38. The van der Waals surface area contributed by atoms with Crippen LogP contribution < -0.4 is 15.2 Å². The zero-order valence-electron chi connectivity index (χ0n) is 10.3. The summed E-state index contributed by atoms with van der Waals surface area (Å²) in [5, 5.41) is 0. The van der Waals surface area contributed by atoms with Gasteiger partial charge >= 0.3 is 0 Å². The van der Waals surface area contributed by atoms with Gasteiger partial charge in [0, 0.05) is 12.6 Å². The normalized spacial score (nSPS) is 13.3. The lowest BCUT2D eigenvalue weighted by Gasteiger charge is -2.09. The molecule has 0 aliphatic heterocycles. The van der Waals surface area contributed by atoms with E-state index in [2.05, 4.69) is 4.72 Å². The van der Waals surface area contributed by atoms with Gasteiger partial charge < -0.3 is 10.5 Å². The molecule has 1 aromatic carbocycles. The maximum atomic E-state index is 13.4. The standard InChI is InChI=1S/C11H17FN2O3S/c1-8(13)5-6-14-18(15,16)9-3-4-11(17-2)10(12)7-9/h3-4,7-8,14H,5-6,13H2,1-2H3. The van der Waals surface area contributed by atoms with E-state index in [1.165, 1.54) is 19.2 Å². The number of sulfonamides is 1. The lowest BCUT2D eigenvalue weighted by atomic mass is 10.3. The topological polar surface area (TPSA) is 81.4 Å². The SMILES string of the molecule is COc1ccc(S(=O)(=O)NCCC(C)N)cc1F. The molecule has 7 heteroatoms. The molecule has 0 aromatic heterocycles. The van der Waals surface area contributed by atoms with Gasteiger partial charge in [-0.05, 0) is 31.5 Å². The second kappa shape index (κ2) is 6.12. The molecule has 0 heterocycles. The summed E-state index contributed by atoms with van der Waals surface area (Å²) in [4.78, 5) is -0.134. The van der Waals surface area contributed by atoms with Crippen molar-refractivity contribution in [3.8, 4) is 5.75 Å². The molecule has 1 rings (SSSR count). The third kappa shape index (κ3) is 3.94. The summed E-state index contributed by atoms with van der Waals surface area (Å²) in [5.74, 6) is -0.711. The molecule has 0 saturated heterocycles. The van der Waals surface area contributed by atoms with Crippen LogP contribution in [0.3, 0.4) is 0 Å². The summed E-state index contributed by atoms with van der Waals surface area (Å²) in [5.41, 5.74) is 5.51. The van der Waals surface area contributed by atoms with Crippen LogP contribution in [-0.4, -0.2) is 28.1 Å². The van der Waals surface area contributed by atoms with Gasteiger partial charge in [-0.2, -0.15) is 0 Å². The fraction of sp³-hybridized carbons (Fsp3) is 0.455. The Morgan fingerprint density at radius 1 is 1.50 bits per heavy atom. The van der Waals surface area contributed by atoms with Gasteiger partial charge in [0.15, 0.2) is 11.6 Å². The molecule has 1 atom stereocenters. The molecule has 0 radical (unpaired) electrons. The zero-order chi connectivity index (χ0) is 13.8. The first-order chi connectivity index (χ1) is 8.36. The molecule has 0 spiro atoms. The maximum absolute atomic E-state index is 13.4. The minimum absolute atomic E-state index is 0.00419. The molecule has 102 valence electrons. The predicted octanol–water partition coefficient (Wildman–Crippen LogP) is 0.850. The average Bonchev–Trinajstić information content (AvgIpc) is 2.28. The Morgan fingerprint density at radius 2 is 2.17 bits per heavy atom. The van der Waals surface area contributed by atoms with Gasteiger partial charge in [0.25, 0.3) is 0 Å². The fourth-order valence-electron chi connectivity index (χ4n) is 1.32. The molecule has 3 N–H and O–H groups in total. The summed E-state index contributed by atoms with van der Waals surface area (Å²) in [6.07, 6.45) is 0.512. The average molecular weight is 276 g/mol. The highest BCUT2D eigenvalue weighted by Gasteiger charge is 2.16. The van der Waals surface area contributed by atoms with Crippen LogP contribution in [0.2, 0.25) is 0 Å². The molecule has 0 fully saturated rings. The van der Waals surface area contributed by atoms with Crippen molar-refractivity contribution in [1.29, 1.82) is 0 Å². The van der Waals surface area contributed by atoms with E-state index in [9.17, 15) is 12.8 Å². The van der Waals surface area contributed by atoms with Crippen molar-refractivity contribution in [2.24, 2.45) is 5.73 Å². The van der Waals surface area contributed by atoms with Crippen molar-refractivity contribution in [2.75, 3.05) is 13.7 Å². The molecule has 5 nitrogen and oxygen atoms in total. The first-order valence-corrected chi connectivity index (χ1v) is 6.94. The molecule has 0 amide bonds. The zero-order valence-corrected chi connectivity index (χ0v) is 11.1. The number of halogens is 1. The third-order valence-corrected chi connectivity index (χ3v) is 3.78. The first-order valence-electron chi connectivity index (χ1n) is 5.45. The van der Waals surface area contributed by atoms with Gasteiger partial charge in [0.05, 0.1) is 12.0 Å². The van der Waals surface area contributed by atoms with Crippen molar-refractivity contribution < 1.29 is 17.5 Å². The smallest absolute Gasteiger partial charge is 0.240 e. The molecule has 0 bridgehead atoms. The van der Waals surface area contributed by atoms with Crippen LogP contribution in [0.25, 0.3) is 0 Å². The monoisotopic (exact) mass is 276 g/mol. The lowest BCUT2D eigenvalue weighted by molar-refractivity contribution is 0.385. The lowest BCUT2D eigenvalue weighted by Crippen LogP contribution is -2.29. The van der Waals surface area contributed by atoms with Crippen molar-refractivity contribution in [3.05, 3.63) is 24.0 Å². The Kier molecular flexibility index (Phi) is 5.06. The first kappa shape index (κ1) is 14.9. The maximum Gasteiger partial charge on any atom is 0.240 e. The van der Waals surface area contributed by atoms with Crippen LogP contribution in [0, 0.1) is 5.82 Å². The second-order valence-corrected chi connectivity index (χ2v) is 5.73. The van der Waals surface area contributed by atoms with Gasteiger partial charge in [-0.1, -0.05) is 0 Å². The number of nitrogens with one attached hydrogen (secondary N) is 1. The van der Waals surface area contributed by atoms with Gasteiger partial charge in [-0.3, -0.25) is 0 Å². The quantitative estimate of drug-likeness (QED) is 0.807. The minimum atomic E-state index is -3.70. The Bertz CT molecular complexity index is 503. The van der Waals surface area contributed by atoms with Crippen LogP contribution >= 0.6 is 0 Å². The van der Waals surface area contributed by atoms with Gasteiger partial charge in [0.1, 0.15) is 0 Å². The van der Waals surface area contributed by atoms with E-state index in [1.807, 2.05) is 0 Å². The summed E-state index contributed by atoms with van der Waals surface area (Å²) < 4.78 is 44.1. The van der Waals surface area contributed by atoms with Gasteiger partial charge in [0.2, 0.25) is 10.0 Å². The number of methoxy groups -OCH3 is 1. The summed E-state index contributed by atoms with van der Waals surface area (Å²) in [6, 6.07) is 3.39. The molecule has 0 saturated carbocycles. The van der Waals surface area contributed by atoms with E-state index in [1.54, 1.807) is 6.92 Å². The predicted molar refractivity (Wildman–Crippen MR) is 66.4 cm³/mol. The van der Waals surface area contributed by atoms with Crippen LogP contribution in [0.1, 0.15) is 13.3 Å². The molecular formula is C11H17FN2O3S. The molecule has 0 aliphatic rings. The molecular weight excluding hydrogens is 259 g/mol. The second-order valence-electron chi connectivity index (χ2n) is 3.96. The van der Waals surface area contributed by atoms with Crippen LogP contribution in [0.4, 0.5) is 4.39 Å². The third-order valence-electron chi connectivity index (χ3n) is 2.33. The highest BCUT2D eigenvalue weighted by atomic mass is 32.2. The highest BCUT2D eigenvalue weighted by Crippen LogP contribution is 2.20. The Balaban J connectivity index is 2.82. The molecule has 1 aromatic rings. The van der Waals surface area contributed by atoms with E-state index in [-0.39, 0.29) is 23.2 Å². The Hall–Kier alpha value is -1.18. The van der Waals surface area contributed by atoms with Gasteiger partial charge in [-0.15, -0.1) is 0 Å². The van der Waals surface area contributed by atoms with E-state index in [0.29, 0.717) is 6.42 Å². The molecule has 1 unspecified atom stereocenters. The number of hydrogen-bond donors (Lipinski definition) is 2. The number of ether oxygens (including phenoxy) is 1. The van der Waals surface area contributed by atoms with Crippen LogP contribution in [0.5, 0.6) is 5.75 Å². The van der Waals surface area contributed by atoms with Crippen molar-refractivity contribution in [2.45, 2.75) is 24.3 Å². The summed E-state index contributed by atoms with van der Waals surface area (Å²) in [6.45, 7) is 2.00. The van der Waals surface area contributed by atoms with Gasteiger partial charge in [-0.25, -0.2) is 17.5 Å². The summed E-state index contributed by atoms with van der Waals surface area (Å²) >= 11 is 0. The number of benzene rings is 1. The van der Waals surface area contributed by atoms with E-state index < -0.39 is 15.8 Å². The Labute approximate surface area is 106 Å². The largest absolute Gasteiger partial charge is 0.494 e. The van der Waals surface area contributed by atoms with Crippen molar-refractivity contribution >= 4 is 10.0 Å². The number of hydrogen-bond acceptors (Lipinski definition) is 4. The molecule has 0 aliphatic carbocycles.